The molecule has 6 nitrogen and oxygen atoms in total. The summed E-state index contributed by atoms with van der Waals surface area (Å²) < 4.78 is 10.4. The van der Waals surface area contributed by atoms with Crippen LogP contribution in [0.4, 0.5) is 0 Å². The van der Waals surface area contributed by atoms with Crippen LogP contribution in [0.25, 0.3) is 0 Å². The first-order valence-electron chi connectivity index (χ1n) is 5.20. The number of methoxy groups -OCH3 is 1. The quantitative estimate of drug-likeness (QED) is 0.713. The van der Waals surface area contributed by atoms with Crippen molar-refractivity contribution in [3.05, 3.63) is 11.8 Å². The summed E-state index contributed by atoms with van der Waals surface area (Å²) in [6.07, 6.45) is 1.93. The number of unbranched alkanes of at least 4 members (excludes halogenated alkanes) is 1. The van der Waals surface area contributed by atoms with Gasteiger partial charge in [0.2, 0.25) is 11.8 Å². The van der Waals surface area contributed by atoms with Crippen LogP contribution >= 0.6 is 0 Å². The van der Waals surface area contributed by atoms with E-state index in [-0.39, 0.29) is 12.5 Å². The molecule has 0 bridgehead atoms. The first kappa shape index (κ1) is 12.6. The highest BCUT2D eigenvalue weighted by Gasteiger charge is 2.12. The number of hydrogen-bond acceptors (Lipinski definition) is 5. The number of carboxylic acids is 1. The Hall–Kier alpha value is -1.43. The molecule has 0 aliphatic carbocycles. The van der Waals surface area contributed by atoms with Gasteiger partial charge < -0.3 is 14.3 Å². The van der Waals surface area contributed by atoms with Crippen LogP contribution in [0.15, 0.2) is 4.42 Å². The summed E-state index contributed by atoms with van der Waals surface area (Å²) in [5.74, 6) is 0.208. The minimum atomic E-state index is -0.778. The molecule has 0 spiro atoms. The number of carbonyl (C=O) groups is 1. The lowest BCUT2D eigenvalue weighted by Gasteiger charge is -2.01. The van der Waals surface area contributed by atoms with Crippen molar-refractivity contribution >= 4 is 5.97 Å². The van der Waals surface area contributed by atoms with E-state index in [9.17, 15) is 4.79 Å². The van der Waals surface area contributed by atoms with Crippen LogP contribution in [0.3, 0.4) is 0 Å². The van der Waals surface area contributed by atoms with E-state index in [1.54, 1.807) is 7.11 Å². The van der Waals surface area contributed by atoms with E-state index < -0.39 is 5.97 Å². The maximum Gasteiger partial charge on any atom is 0.303 e. The van der Waals surface area contributed by atoms with Crippen LogP contribution in [-0.4, -0.2) is 28.4 Å². The molecule has 1 aromatic heterocycles. The first-order chi connectivity index (χ1) is 7.63. The fourth-order valence-corrected chi connectivity index (χ4v) is 1.19. The maximum atomic E-state index is 10.3. The third-order valence-electron chi connectivity index (χ3n) is 2.22. The third-order valence-corrected chi connectivity index (χ3v) is 2.22. The van der Waals surface area contributed by atoms with Crippen molar-refractivity contribution < 1.29 is 19.1 Å². The van der Waals surface area contributed by atoms with Crippen molar-refractivity contribution in [2.24, 2.45) is 0 Å². The van der Waals surface area contributed by atoms with E-state index in [0.717, 1.165) is 6.42 Å². The van der Waals surface area contributed by atoms with Crippen molar-refractivity contribution in [3.8, 4) is 0 Å². The summed E-state index contributed by atoms with van der Waals surface area (Å²) >= 11 is 0. The predicted molar refractivity (Wildman–Crippen MR) is 54.9 cm³/mol. The van der Waals surface area contributed by atoms with E-state index in [4.69, 9.17) is 14.3 Å². The topological polar surface area (TPSA) is 85.5 Å². The zero-order chi connectivity index (χ0) is 12.0. The van der Waals surface area contributed by atoms with Gasteiger partial charge in [0.05, 0.1) is 0 Å². The van der Waals surface area contributed by atoms with E-state index in [1.807, 2.05) is 6.92 Å². The second-order valence-corrected chi connectivity index (χ2v) is 3.51. The molecule has 0 amide bonds. The molecule has 0 aromatic carbocycles. The van der Waals surface area contributed by atoms with Crippen molar-refractivity contribution in [1.29, 1.82) is 0 Å². The van der Waals surface area contributed by atoms with Gasteiger partial charge in [-0.15, -0.1) is 10.2 Å². The lowest BCUT2D eigenvalue weighted by Crippen LogP contribution is -1.95. The van der Waals surface area contributed by atoms with Gasteiger partial charge in [0.15, 0.2) is 0 Å². The lowest BCUT2D eigenvalue weighted by atomic mass is 10.2. The Morgan fingerprint density at radius 2 is 2.25 bits per heavy atom. The molecule has 1 aromatic rings. The average molecular weight is 228 g/mol. The molecule has 90 valence electrons. The van der Waals surface area contributed by atoms with Crippen LogP contribution in [0.1, 0.15) is 44.1 Å². The summed E-state index contributed by atoms with van der Waals surface area (Å²) in [6, 6.07) is 0. The monoisotopic (exact) mass is 228 g/mol. The van der Waals surface area contributed by atoms with Gasteiger partial charge in [0.1, 0.15) is 6.10 Å². The number of nitrogens with zero attached hydrogens (tertiary/aromatic N) is 2. The normalized spacial score (nSPS) is 12.6. The number of hydrogen-bond donors (Lipinski definition) is 1. The fourth-order valence-electron chi connectivity index (χ4n) is 1.19. The first-order valence-corrected chi connectivity index (χ1v) is 5.20. The molecular weight excluding hydrogens is 212 g/mol. The Kier molecular flexibility index (Phi) is 4.91. The zero-order valence-corrected chi connectivity index (χ0v) is 9.47. The molecule has 0 fully saturated rings. The molecule has 1 atom stereocenters. The van der Waals surface area contributed by atoms with Gasteiger partial charge in [-0.3, -0.25) is 4.79 Å². The van der Waals surface area contributed by atoms with Gasteiger partial charge in [-0.05, 0) is 19.8 Å². The van der Waals surface area contributed by atoms with Crippen molar-refractivity contribution in [1.82, 2.24) is 10.2 Å². The van der Waals surface area contributed by atoms with E-state index in [2.05, 4.69) is 10.2 Å². The minimum absolute atomic E-state index is 0.176. The largest absolute Gasteiger partial charge is 0.481 e. The highest BCUT2D eigenvalue weighted by molar-refractivity contribution is 5.66. The van der Waals surface area contributed by atoms with Gasteiger partial charge in [0, 0.05) is 20.0 Å². The Bertz CT molecular complexity index is 337. The maximum absolute atomic E-state index is 10.3. The minimum Gasteiger partial charge on any atom is -0.481 e. The third kappa shape index (κ3) is 3.98. The van der Waals surface area contributed by atoms with Gasteiger partial charge in [-0.25, -0.2) is 0 Å². The van der Waals surface area contributed by atoms with Crippen molar-refractivity contribution in [2.45, 2.75) is 38.7 Å². The second kappa shape index (κ2) is 6.22. The van der Waals surface area contributed by atoms with Crippen LogP contribution in [0.2, 0.25) is 0 Å². The highest BCUT2D eigenvalue weighted by atomic mass is 16.5. The molecule has 0 saturated carbocycles. The van der Waals surface area contributed by atoms with Gasteiger partial charge in [-0.1, -0.05) is 0 Å². The molecule has 1 N–H and O–H groups in total. The SMILES string of the molecule is COC(C)c1nnc(CCCCC(=O)O)o1. The van der Waals surface area contributed by atoms with Gasteiger partial charge in [0.25, 0.3) is 0 Å². The molecule has 0 aliphatic heterocycles. The number of aromatic nitrogens is 2. The standard InChI is InChI=1S/C10H16N2O4/c1-7(15-2)10-12-11-8(16-10)5-3-4-6-9(13)14/h7H,3-6H2,1-2H3,(H,13,14). The molecule has 0 saturated heterocycles. The molecular formula is C10H16N2O4. The summed E-state index contributed by atoms with van der Waals surface area (Å²) in [5, 5.41) is 16.2. The van der Waals surface area contributed by atoms with Crippen LogP contribution in [0.5, 0.6) is 0 Å². The summed E-state index contributed by atoms with van der Waals surface area (Å²) in [5.41, 5.74) is 0. The molecule has 16 heavy (non-hydrogen) atoms. The Balaban J connectivity index is 2.32. The number of rotatable bonds is 7. The van der Waals surface area contributed by atoms with Gasteiger partial charge >= 0.3 is 5.97 Å². The molecule has 1 rings (SSSR count). The Labute approximate surface area is 93.6 Å². The van der Waals surface area contributed by atoms with E-state index >= 15 is 0 Å². The summed E-state index contributed by atoms with van der Waals surface area (Å²) in [7, 11) is 1.57. The highest BCUT2D eigenvalue weighted by Crippen LogP contribution is 2.14. The van der Waals surface area contributed by atoms with Crippen LogP contribution < -0.4 is 0 Å². The lowest BCUT2D eigenvalue weighted by molar-refractivity contribution is -0.137. The summed E-state index contributed by atoms with van der Waals surface area (Å²) in [4.78, 5) is 10.3. The second-order valence-electron chi connectivity index (χ2n) is 3.51. The van der Waals surface area contributed by atoms with Crippen molar-refractivity contribution in [3.63, 3.8) is 0 Å². The number of aliphatic carboxylic acids is 1. The van der Waals surface area contributed by atoms with E-state index in [1.165, 1.54) is 0 Å². The van der Waals surface area contributed by atoms with Gasteiger partial charge in [-0.2, -0.15) is 0 Å². The Morgan fingerprint density at radius 3 is 2.88 bits per heavy atom. The average Bonchev–Trinajstić information content (AvgIpc) is 2.71. The van der Waals surface area contributed by atoms with Crippen LogP contribution in [0, 0.1) is 0 Å². The molecule has 1 heterocycles. The molecule has 6 heteroatoms. The zero-order valence-electron chi connectivity index (χ0n) is 9.47. The molecule has 1 unspecified atom stereocenters. The number of aryl methyl sites for hydroxylation is 1. The van der Waals surface area contributed by atoms with E-state index in [0.29, 0.717) is 24.6 Å². The smallest absolute Gasteiger partial charge is 0.303 e. The van der Waals surface area contributed by atoms with Crippen molar-refractivity contribution in [2.75, 3.05) is 7.11 Å². The predicted octanol–water partition coefficient (Wildman–Crippen LogP) is 1.57. The summed E-state index contributed by atoms with van der Waals surface area (Å²) in [6.45, 7) is 1.82. The molecule has 0 radical (unpaired) electrons. The fraction of sp³-hybridized carbons (Fsp3) is 0.700. The number of carboxylic acid groups (broad SMARTS) is 1. The number of ether oxygens (including phenoxy) is 1. The van der Waals surface area contributed by atoms with Crippen LogP contribution in [-0.2, 0) is 16.0 Å². The molecule has 0 aliphatic rings. The Morgan fingerprint density at radius 1 is 1.50 bits per heavy atom.